The van der Waals surface area contributed by atoms with Crippen molar-refractivity contribution in [3.05, 3.63) is 69.6 Å². The molecular weight excluding hydrogens is 442 g/mol. The summed E-state index contributed by atoms with van der Waals surface area (Å²) >= 11 is 7.15. The minimum atomic E-state index is -0.619. The summed E-state index contributed by atoms with van der Waals surface area (Å²) in [7, 11) is 2.77. The Morgan fingerprint density at radius 2 is 2.00 bits per heavy atom. The molecule has 1 heterocycles. The van der Waals surface area contributed by atoms with Crippen LogP contribution in [0.25, 0.3) is 0 Å². The third kappa shape index (κ3) is 6.09. The lowest BCUT2D eigenvalue weighted by molar-refractivity contribution is -0.135. The van der Waals surface area contributed by atoms with Crippen molar-refractivity contribution in [3.8, 4) is 11.5 Å². The molecule has 0 atom stereocenters. The fourth-order valence-corrected chi connectivity index (χ4v) is 3.37. The van der Waals surface area contributed by atoms with Gasteiger partial charge < -0.3 is 14.2 Å². The van der Waals surface area contributed by atoms with E-state index in [-0.39, 0.29) is 10.1 Å². The Labute approximate surface area is 187 Å². The maximum atomic E-state index is 11.8. The molecule has 0 unspecified atom stereocenters. The Hall–Kier alpha value is -3.30. The van der Waals surface area contributed by atoms with Crippen LogP contribution in [-0.4, -0.2) is 37.5 Å². The zero-order chi connectivity index (χ0) is 22.2. The summed E-state index contributed by atoms with van der Waals surface area (Å²) < 4.78 is 15.7. The van der Waals surface area contributed by atoms with Gasteiger partial charge >= 0.3 is 5.97 Å². The maximum Gasteiger partial charge on any atom is 0.331 e. The Balaban J connectivity index is 1.66. The number of thioether (sulfide) groups is 1. The van der Waals surface area contributed by atoms with Crippen molar-refractivity contribution in [2.75, 3.05) is 14.2 Å². The number of methoxy groups -OCH3 is 2. The van der Waals surface area contributed by atoms with Crippen LogP contribution >= 0.6 is 23.4 Å². The third-order valence-electron chi connectivity index (χ3n) is 3.99. The summed E-state index contributed by atoms with van der Waals surface area (Å²) in [6, 6.07) is 12.7. The van der Waals surface area contributed by atoms with Gasteiger partial charge in [-0.1, -0.05) is 29.8 Å². The van der Waals surface area contributed by atoms with Crippen molar-refractivity contribution in [1.29, 1.82) is 0 Å². The van der Waals surface area contributed by atoms with E-state index < -0.39 is 11.9 Å². The summed E-state index contributed by atoms with van der Waals surface area (Å²) in [5, 5.41) is 11.3. The normalized spacial score (nSPS) is 16.0. The fraction of sp³-hybridized carbons (Fsp3) is 0.143. The van der Waals surface area contributed by atoms with Gasteiger partial charge in [-0.3, -0.25) is 10.1 Å². The molecule has 0 radical (unpaired) electrons. The Morgan fingerprint density at radius 3 is 2.74 bits per heavy atom. The molecule has 0 aliphatic carbocycles. The molecule has 0 bridgehead atoms. The number of rotatable bonds is 7. The SMILES string of the molecule is COC(=O)/C=C1/S/C(=N\N=Cc2ccc(OCc3ccccc3Cl)c(OC)c2)NC1=O. The molecule has 2 aromatic rings. The van der Waals surface area contributed by atoms with Gasteiger partial charge in [-0.2, -0.15) is 5.10 Å². The highest BCUT2D eigenvalue weighted by molar-refractivity contribution is 8.18. The Morgan fingerprint density at radius 1 is 1.19 bits per heavy atom. The van der Waals surface area contributed by atoms with Crippen LogP contribution in [0.3, 0.4) is 0 Å². The van der Waals surface area contributed by atoms with Gasteiger partial charge in [0, 0.05) is 16.7 Å². The van der Waals surface area contributed by atoms with Gasteiger partial charge in [0.1, 0.15) is 6.61 Å². The van der Waals surface area contributed by atoms with E-state index in [1.807, 2.05) is 18.2 Å². The summed E-state index contributed by atoms with van der Waals surface area (Å²) in [5.41, 5.74) is 1.58. The van der Waals surface area contributed by atoms with Crippen molar-refractivity contribution in [3.63, 3.8) is 0 Å². The molecule has 0 aromatic heterocycles. The van der Waals surface area contributed by atoms with Gasteiger partial charge in [-0.15, -0.1) is 5.10 Å². The summed E-state index contributed by atoms with van der Waals surface area (Å²) in [6.45, 7) is 0.301. The molecule has 31 heavy (non-hydrogen) atoms. The number of hydrogen-bond acceptors (Lipinski definition) is 8. The molecule has 1 fully saturated rings. The molecular formula is C21H18ClN3O5S. The number of ether oxygens (including phenoxy) is 3. The van der Waals surface area contributed by atoms with Gasteiger partial charge in [0.2, 0.25) is 0 Å². The predicted molar refractivity (Wildman–Crippen MR) is 120 cm³/mol. The van der Waals surface area contributed by atoms with Crippen LogP contribution in [0.5, 0.6) is 11.5 Å². The van der Waals surface area contributed by atoms with E-state index in [0.717, 1.165) is 23.4 Å². The van der Waals surface area contributed by atoms with Crippen molar-refractivity contribution in [1.82, 2.24) is 5.32 Å². The van der Waals surface area contributed by atoms with Gasteiger partial charge in [0.25, 0.3) is 5.91 Å². The van der Waals surface area contributed by atoms with Crippen molar-refractivity contribution in [2.24, 2.45) is 10.2 Å². The van der Waals surface area contributed by atoms with Gasteiger partial charge in [0.05, 0.1) is 25.3 Å². The second-order valence-corrected chi connectivity index (χ2v) is 7.47. The molecule has 1 aliphatic rings. The lowest BCUT2D eigenvalue weighted by Gasteiger charge is -2.12. The monoisotopic (exact) mass is 459 g/mol. The number of esters is 1. The Kier molecular flexibility index (Phi) is 7.69. The van der Waals surface area contributed by atoms with Crippen LogP contribution < -0.4 is 14.8 Å². The standard InChI is InChI=1S/C21H18ClN3O5S/c1-28-17-9-13(7-8-16(17)30-12-14-5-3-4-6-15(14)22)11-23-25-21-24-20(27)18(31-21)10-19(26)29-2/h3-11H,12H2,1-2H3,(H,24,25,27)/b18-10+,23-11?. The molecule has 10 heteroatoms. The van der Waals surface area contributed by atoms with Crippen LogP contribution in [0.4, 0.5) is 0 Å². The van der Waals surface area contributed by atoms with E-state index in [1.165, 1.54) is 13.3 Å². The van der Waals surface area contributed by atoms with E-state index in [9.17, 15) is 9.59 Å². The quantitative estimate of drug-likeness (QED) is 0.294. The van der Waals surface area contributed by atoms with Gasteiger partial charge in [-0.25, -0.2) is 4.79 Å². The first-order chi connectivity index (χ1) is 15.0. The number of carbonyl (C=O) groups excluding carboxylic acids is 2. The minimum absolute atomic E-state index is 0.183. The number of nitrogens with zero attached hydrogens (tertiary/aromatic N) is 2. The number of hydrogen-bond donors (Lipinski definition) is 1. The van der Waals surface area contributed by atoms with E-state index in [2.05, 4.69) is 20.3 Å². The number of nitrogens with one attached hydrogen (secondary N) is 1. The van der Waals surface area contributed by atoms with Gasteiger partial charge in [0.15, 0.2) is 16.7 Å². The first-order valence-corrected chi connectivity index (χ1v) is 10.1. The van der Waals surface area contributed by atoms with E-state index in [4.69, 9.17) is 21.1 Å². The molecule has 1 saturated heterocycles. The van der Waals surface area contributed by atoms with Crippen molar-refractivity contribution < 1.29 is 23.8 Å². The van der Waals surface area contributed by atoms with E-state index in [0.29, 0.717) is 28.7 Å². The molecule has 1 N–H and O–H groups in total. The van der Waals surface area contributed by atoms with Crippen LogP contribution in [0.2, 0.25) is 5.02 Å². The average molecular weight is 460 g/mol. The first kappa shape index (κ1) is 22.4. The van der Waals surface area contributed by atoms with Gasteiger partial charge in [-0.05, 0) is 41.6 Å². The topological polar surface area (TPSA) is 98.6 Å². The Bertz CT molecular complexity index is 1080. The second kappa shape index (κ2) is 10.6. The number of halogens is 1. The summed E-state index contributed by atoms with van der Waals surface area (Å²) in [6.07, 6.45) is 2.60. The summed E-state index contributed by atoms with van der Waals surface area (Å²) in [5.74, 6) is 0.0231. The zero-order valence-electron chi connectivity index (χ0n) is 16.6. The molecule has 8 nitrogen and oxygen atoms in total. The highest BCUT2D eigenvalue weighted by Gasteiger charge is 2.25. The second-order valence-electron chi connectivity index (χ2n) is 6.03. The molecule has 1 amide bonds. The number of amidine groups is 1. The van der Waals surface area contributed by atoms with Crippen LogP contribution in [0.15, 0.2) is 63.6 Å². The molecule has 1 aliphatic heterocycles. The first-order valence-electron chi connectivity index (χ1n) is 8.94. The zero-order valence-corrected chi connectivity index (χ0v) is 18.2. The number of carbonyl (C=O) groups is 2. The van der Waals surface area contributed by atoms with Crippen molar-refractivity contribution >= 4 is 46.6 Å². The predicted octanol–water partition coefficient (Wildman–Crippen LogP) is 3.54. The van der Waals surface area contributed by atoms with Crippen LogP contribution in [0, 0.1) is 0 Å². The maximum absolute atomic E-state index is 11.8. The van der Waals surface area contributed by atoms with Crippen LogP contribution in [-0.2, 0) is 20.9 Å². The molecule has 0 saturated carbocycles. The largest absolute Gasteiger partial charge is 0.493 e. The van der Waals surface area contributed by atoms with Crippen LogP contribution in [0.1, 0.15) is 11.1 Å². The van der Waals surface area contributed by atoms with E-state index in [1.54, 1.807) is 31.4 Å². The smallest absolute Gasteiger partial charge is 0.331 e. The minimum Gasteiger partial charge on any atom is -0.493 e. The molecule has 0 spiro atoms. The van der Waals surface area contributed by atoms with E-state index >= 15 is 0 Å². The average Bonchev–Trinajstić information content (AvgIpc) is 3.12. The molecule has 160 valence electrons. The fourth-order valence-electron chi connectivity index (χ4n) is 2.44. The van der Waals surface area contributed by atoms with Crippen molar-refractivity contribution in [2.45, 2.75) is 6.61 Å². The summed E-state index contributed by atoms with van der Waals surface area (Å²) in [4.78, 5) is 23.2. The molecule has 2 aromatic carbocycles. The highest BCUT2D eigenvalue weighted by Crippen LogP contribution is 2.29. The third-order valence-corrected chi connectivity index (χ3v) is 5.25. The lowest BCUT2D eigenvalue weighted by Crippen LogP contribution is -2.19. The highest BCUT2D eigenvalue weighted by atomic mass is 35.5. The number of amides is 1. The lowest BCUT2D eigenvalue weighted by atomic mass is 10.2. The number of benzene rings is 2. The molecule has 3 rings (SSSR count).